The van der Waals surface area contributed by atoms with E-state index in [1.165, 1.54) is 18.0 Å². The molecule has 0 aliphatic rings. The summed E-state index contributed by atoms with van der Waals surface area (Å²) in [5.74, 6) is -0.663. The molecule has 90 valence electrons. The van der Waals surface area contributed by atoms with Crippen LogP contribution in [0.15, 0.2) is 21.6 Å². The third-order valence-electron chi connectivity index (χ3n) is 1.85. The van der Waals surface area contributed by atoms with Gasteiger partial charge in [-0.1, -0.05) is 0 Å². The van der Waals surface area contributed by atoms with Crippen LogP contribution in [-0.2, 0) is 10.0 Å². The summed E-state index contributed by atoms with van der Waals surface area (Å²) in [7, 11) is -2.48. The van der Waals surface area contributed by atoms with Crippen molar-refractivity contribution in [2.75, 3.05) is 20.2 Å². The van der Waals surface area contributed by atoms with Gasteiger partial charge in [-0.15, -0.1) is 0 Å². The van der Waals surface area contributed by atoms with Crippen LogP contribution in [0, 0.1) is 0 Å². The zero-order valence-electron chi connectivity index (χ0n) is 8.58. The molecule has 0 aromatic carbocycles. The molecular weight excluding hydrogens is 236 g/mol. The topological polar surface area (TPSA) is 114 Å². The van der Waals surface area contributed by atoms with Crippen molar-refractivity contribution in [3.05, 3.63) is 17.9 Å². The molecule has 0 unspecified atom stereocenters. The van der Waals surface area contributed by atoms with Crippen LogP contribution in [0.2, 0.25) is 0 Å². The zero-order chi connectivity index (χ0) is 12.3. The SMILES string of the molecule is CN(CCO)C(=O)c1ccc(S(N)(=O)=O)o1. The molecule has 1 rings (SSSR count). The number of sulfonamides is 1. The molecule has 0 aliphatic heterocycles. The Labute approximate surface area is 92.5 Å². The summed E-state index contributed by atoms with van der Waals surface area (Å²) in [4.78, 5) is 12.8. The number of amides is 1. The van der Waals surface area contributed by atoms with E-state index in [2.05, 4.69) is 0 Å². The minimum atomic E-state index is -3.94. The number of nitrogens with two attached hydrogens (primary N) is 1. The van der Waals surface area contributed by atoms with Gasteiger partial charge in [-0.25, -0.2) is 13.6 Å². The van der Waals surface area contributed by atoms with E-state index in [1.807, 2.05) is 0 Å². The number of hydrogen-bond donors (Lipinski definition) is 2. The highest BCUT2D eigenvalue weighted by molar-refractivity contribution is 7.89. The third-order valence-corrected chi connectivity index (χ3v) is 2.63. The van der Waals surface area contributed by atoms with E-state index < -0.39 is 21.0 Å². The molecule has 16 heavy (non-hydrogen) atoms. The molecule has 1 amide bonds. The molecule has 0 atom stereocenters. The van der Waals surface area contributed by atoms with Crippen molar-refractivity contribution in [1.82, 2.24) is 4.90 Å². The average Bonchev–Trinajstić information content (AvgIpc) is 2.65. The van der Waals surface area contributed by atoms with Gasteiger partial charge in [0.05, 0.1) is 6.61 Å². The maximum atomic E-state index is 11.6. The Balaban J connectivity index is 2.91. The van der Waals surface area contributed by atoms with Gasteiger partial charge in [0.15, 0.2) is 5.76 Å². The Morgan fingerprint density at radius 2 is 2.19 bits per heavy atom. The molecule has 0 bridgehead atoms. The molecule has 1 aromatic rings. The second kappa shape index (κ2) is 4.64. The lowest BCUT2D eigenvalue weighted by Crippen LogP contribution is -2.29. The number of aliphatic hydroxyl groups is 1. The van der Waals surface area contributed by atoms with Gasteiger partial charge in [0.2, 0.25) is 5.09 Å². The Morgan fingerprint density at radius 3 is 2.62 bits per heavy atom. The molecule has 0 spiro atoms. The summed E-state index contributed by atoms with van der Waals surface area (Å²) < 4.78 is 26.6. The number of nitrogens with zero attached hydrogens (tertiary/aromatic N) is 1. The summed E-state index contributed by atoms with van der Waals surface area (Å²) in [5, 5.41) is 13.0. The highest BCUT2D eigenvalue weighted by Gasteiger charge is 2.19. The second-order valence-corrected chi connectivity index (χ2v) is 4.61. The first-order chi connectivity index (χ1) is 7.36. The van der Waals surface area contributed by atoms with Crippen LogP contribution in [-0.4, -0.2) is 44.5 Å². The first kappa shape index (κ1) is 12.7. The van der Waals surface area contributed by atoms with Crippen LogP contribution in [0.25, 0.3) is 0 Å². The van der Waals surface area contributed by atoms with Gasteiger partial charge in [-0.3, -0.25) is 4.79 Å². The van der Waals surface area contributed by atoms with Gasteiger partial charge >= 0.3 is 0 Å². The van der Waals surface area contributed by atoms with Crippen molar-refractivity contribution in [2.24, 2.45) is 5.14 Å². The van der Waals surface area contributed by atoms with Crippen molar-refractivity contribution in [3.63, 3.8) is 0 Å². The monoisotopic (exact) mass is 248 g/mol. The second-order valence-electron chi connectivity index (χ2n) is 3.11. The van der Waals surface area contributed by atoms with E-state index in [0.29, 0.717) is 0 Å². The van der Waals surface area contributed by atoms with Crippen molar-refractivity contribution >= 4 is 15.9 Å². The molecular formula is C8H12N2O5S. The number of primary sulfonamides is 1. The quantitative estimate of drug-likeness (QED) is 0.708. The molecule has 0 radical (unpaired) electrons. The minimum absolute atomic E-state index is 0.129. The number of carbonyl (C=O) groups excluding carboxylic acids is 1. The molecule has 8 heteroatoms. The van der Waals surface area contributed by atoms with Crippen molar-refractivity contribution in [3.8, 4) is 0 Å². The van der Waals surface area contributed by atoms with Gasteiger partial charge in [0, 0.05) is 13.6 Å². The van der Waals surface area contributed by atoms with Crippen LogP contribution < -0.4 is 5.14 Å². The van der Waals surface area contributed by atoms with Crippen LogP contribution in [0.3, 0.4) is 0 Å². The van der Waals surface area contributed by atoms with Crippen molar-refractivity contribution in [2.45, 2.75) is 5.09 Å². The summed E-state index contributed by atoms with van der Waals surface area (Å²) in [6, 6.07) is 2.32. The Kier molecular flexibility index (Phi) is 3.68. The molecule has 0 saturated heterocycles. The van der Waals surface area contributed by atoms with Gasteiger partial charge in [0.25, 0.3) is 15.9 Å². The van der Waals surface area contributed by atoms with Crippen LogP contribution in [0.1, 0.15) is 10.6 Å². The Hall–Kier alpha value is -1.38. The summed E-state index contributed by atoms with van der Waals surface area (Å²) in [6.45, 7) is -0.0603. The van der Waals surface area contributed by atoms with E-state index in [4.69, 9.17) is 14.7 Å². The average molecular weight is 248 g/mol. The van der Waals surface area contributed by atoms with E-state index in [-0.39, 0.29) is 18.9 Å². The Morgan fingerprint density at radius 1 is 1.56 bits per heavy atom. The Bertz CT molecular complexity index is 478. The first-order valence-electron chi connectivity index (χ1n) is 4.35. The van der Waals surface area contributed by atoms with Gasteiger partial charge in [0.1, 0.15) is 0 Å². The summed E-state index contributed by atoms with van der Waals surface area (Å²) in [6.07, 6.45) is 0. The lowest BCUT2D eigenvalue weighted by Gasteiger charge is -2.13. The molecule has 0 aliphatic carbocycles. The number of carbonyl (C=O) groups is 1. The standard InChI is InChI=1S/C8H12N2O5S/c1-10(4-5-11)8(12)6-2-3-7(15-6)16(9,13)14/h2-3,11H,4-5H2,1H3,(H2,9,13,14). The maximum absolute atomic E-state index is 11.6. The summed E-state index contributed by atoms with van der Waals surface area (Å²) in [5.41, 5.74) is 0. The summed E-state index contributed by atoms with van der Waals surface area (Å²) >= 11 is 0. The van der Waals surface area contributed by atoms with E-state index in [9.17, 15) is 13.2 Å². The molecule has 7 nitrogen and oxygen atoms in total. The smallest absolute Gasteiger partial charge is 0.289 e. The number of furan rings is 1. The predicted molar refractivity (Wildman–Crippen MR) is 54.1 cm³/mol. The number of hydrogen-bond acceptors (Lipinski definition) is 5. The van der Waals surface area contributed by atoms with Gasteiger partial charge < -0.3 is 14.4 Å². The lowest BCUT2D eigenvalue weighted by molar-refractivity contribution is 0.0730. The highest BCUT2D eigenvalue weighted by Crippen LogP contribution is 2.13. The van der Waals surface area contributed by atoms with Gasteiger partial charge in [-0.05, 0) is 12.1 Å². The lowest BCUT2D eigenvalue weighted by atomic mass is 10.4. The van der Waals surface area contributed by atoms with Crippen LogP contribution >= 0.6 is 0 Å². The fraction of sp³-hybridized carbons (Fsp3) is 0.375. The van der Waals surface area contributed by atoms with E-state index in [0.717, 1.165) is 6.07 Å². The predicted octanol–water partition coefficient (Wildman–Crippen LogP) is -1.01. The fourth-order valence-electron chi connectivity index (χ4n) is 1.03. The van der Waals surface area contributed by atoms with E-state index >= 15 is 0 Å². The third kappa shape index (κ3) is 2.81. The number of rotatable bonds is 4. The number of aliphatic hydroxyl groups excluding tert-OH is 1. The molecule has 0 fully saturated rings. The van der Waals surface area contributed by atoms with Gasteiger partial charge in [-0.2, -0.15) is 0 Å². The van der Waals surface area contributed by atoms with Crippen molar-refractivity contribution < 1.29 is 22.7 Å². The largest absolute Gasteiger partial charge is 0.438 e. The molecule has 0 saturated carbocycles. The minimum Gasteiger partial charge on any atom is -0.438 e. The maximum Gasteiger partial charge on any atom is 0.289 e. The number of likely N-dealkylation sites (N-methyl/N-ethyl adjacent to an activating group) is 1. The molecule has 3 N–H and O–H groups in total. The van der Waals surface area contributed by atoms with Crippen LogP contribution in [0.4, 0.5) is 0 Å². The zero-order valence-corrected chi connectivity index (χ0v) is 9.40. The molecule has 1 aromatic heterocycles. The van der Waals surface area contributed by atoms with Crippen molar-refractivity contribution in [1.29, 1.82) is 0 Å². The molecule has 1 heterocycles. The van der Waals surface area contributed by atoms with E-state index in [1.54, 1.807) is 0 Å². The van der Waals surface area contributed by atoms with Crippen LogP contribution in [0.5, 0.6) is 0 Å². The fourth-order valence-corrected chi connectivity index (χ4v) is 1.49. The normalized spacial score (nSPS) is 11.4. The first-order valence-corrected chi connectivity index (χ1v) is 5.90. The highest BCUT2D eigenvalue weighted by atomic mass is 32.2.